The van der Waals surface area contributed by atoms with Crippen LogP contribution in [-0.2, 0) is 10.0 Å². The maximum atomic E-state index is 12.6. The normalized spacial score (nSPS) is 11.2. The average Bonchev–Trinajstić information content (AvgIpc) is 2.79. The van der Waals surface area contributed by atoms with Crippen molar-refractivity contribution in [3.05, 3.63) is 103 Å². The van der Waals surface area contributed by atoms with E-state index in [-0.39, 0.29) is 22.6 Å². The van der Waals surface area contributed by atoms with Crippen LogP contribution in [0.15, 0.2) is 86.9 Å². The summed E-state index contributed by atoms with van der Waals surface area (Å²) in [5.74, 6) is 0. The maximum absolute atomic E-state index is 12.6. The van der Waals surface area contributed by atoms with Gasteiger partial charge in [-0.05, 0) is 36.4 Å². The lowest BCUT2D eigenvalue weighted by atomic mass is 10.1. The quantitative estimate of drug-likeness (QED) is 0.223. The number of hydrogen-bond acceptors (Lipinski definition) is 9. The van der Waals surface area contributed by atoms with E-state index in [4.69, 9.17) is 4.42 Å². The van der Waals surface area contributed by atoms with Gasteiger partial charge in [-0.15, -0.1) is 0 Å². The van der Waals surface area contributed by atoms with Gasteiger partial charge in [0.2, 0.25) is 0 Å². The molecule has 0 atom stereocenters. The summed E-state index contributed by atoms with van der Waals surface area (Å²) in [6.45, 7) is 0. The first-order chi connectivity index (χ1) is 16.1. The van der Waals surface area contributed by atoms with Gasteiger partial charge in [0, 0.05) is 41.0 Å². The molecule has 1 heterocycles. The van der Waals surface area contributed by atoms with E-state index in [1.807, 2.05) is 0 Å². The molecule has 34 heavy (non-hydrogen) atoms. The van der Waals surface area contributed by atoms with Gasteiger partial charge in [0.15, 0.2) is 4.90 Å². The SMILES string of the molecule is O=c1cc(Nc2ccc(NS(=O)(=O)c3ccccc3[N+](=O)[O-])cc2)c2cc([N+](=O)[O-])ccc2o1. The molecule has 0 fully saturated rings. The first kappa shape index (κ1) is 22.4. The molecule has 0 saturated carbocycles. The summed E-state index contributed by atoms with van der Waals surface area (Å²) in [4.78, 5) is 32.3. The summed E-state index contributed by atoms with van der Waals surface area (Å²) in [6.07, 6.45) is 0. The minimum Gasteiger partial charge on any atom is -0.423 e. The largest absolute Gasteiger partial charge is 0.423 e. The molecule has 0 saturated heterocycles. The summed E-state index contributed by atoms with van der Waals surface area (Å²) in [6, 6.07) is 15.7. The number of anilines is 3. The number of hydrogen-bond donors (Lipinski definition) is 2. The number of sulfonamides is 1. The predicted octanol–water partition coefficient (Wildman–Crippen LogP) is 4.15. The zero-order chi connectivity index (χ0) is 24.5. The summed E-state index contributed by atoms with van der Waals surface area (Å²) in [5.41, 5.74) is -0.444. The van der Waals surface area contributed by atoms with Crippen LogP contribution in [0.4, 0.5) is 28.4 Å². The minimum atomic E-state index is -4.24. The highest BCUT2D eigenvalue weighted by Crippen LogP contribution is 2.30. The number of rotatable bonds is 7. The standard InChI is InChI=1S/C21H14N4O8S/c26-21-12-17(16-11-15(24(27)28)9-10-19(16)33-21)22-13-5-7-14(8-6-13)23-34(31,32)20-4-2-1-3-18(20)25(29)30/h1-12,22-23H. The van der Waals surface area contributed by atoms with Crippen LogP contribution in [-0.4, -0.2) is 18.3 Å². The molecule has 0 radical (unpaired) electrons. The molecule has 0 aliphatic rings. The summed E-state index contributed by atoms with van der Waals surface area (Å²) < 4.78 is 32.6. The van der Waals surface area contributed by atoms with E-state index >= 15 is 0 Å². The third kappa shape index (κ3) is 4.54. The zero-order valence-corrected chi connectivity index (χ0v) is 17.8. The number of para-hydroxylation sites is 1. The zero-order valence-electron chi connectivity index (χ0n) is 17.0. The van der Waals surface area contributed by atoms with E-state index in [1.165, 1.54) is 54.6 Å². The Morgan fingerprint density at radius 2 is 1.50 bits per heavy atom. The number of nitrogens with one attached hydrogen (secondary N) is 2. The predicted molar refractivity (Wildman–Crippen MR) is 123 cm³/mol. The summed E-state index contributed by atoms with van der Waals surface area (Å²) >= 11 is 0. The molecule has 0 aliphatic heterocycles. The van der Waals surface area contributed by atoms with Crippen LogP contribution in [0.25, 0.3) is 11.0 Å². The van der Waals surface area contributed by atoms with Crippen molar-refractivity contribution in [2.45, 2.75) is 4.90 Å². The van der Waals surface area contributed by atoms with Crippen molar-refractivity contribution in [2.75, 3.05) is 10.0 Å². The highest BCUT2D eigenvalue weighted by molar-refractivity contribution is 7.92. The molecule has 2 N–H and O–H groups in total. The molecule has 0 bridgehead atoms. The molecule has 1 aromatic heterocycles. The van der Waals surface area contributed by atoms with E-state index in [9.17, 15) is 33.4 Å². The van der Waals surface area contributed by atoms with Crippen LogP contribution in [0.5, 0.6) is 0 Å². The molecule has 0 unspecified atom stereocenters. The van der Waals surface area contributed by atoms with E-state index < -0.39 is 36.1 Å². The van der Waals surface area contributed by atoms with Crippen molar-refractivity contribution in [1.29, 1.82) is 0 Å². The molecule has 0 amide bonds. The van der Waals surface area contributed by atoms with Gasteiger partial charge in [0.25, 0.3) is 21.4 Å². The van der Waals surface area contributed by atoms with Crippen LogP contribution in [0, 0.1) is 20.2 Å². The number of nitro groups is 2. The number of fused-ring (bicyclic) bond motifs is 1. The average molecular weight is 482 g/mol. The van der Waals surface area contributed by atoms with Gasteiger partial charge in [-0.3, -0.25) is 25.0 Å². The monoisotopic (exact) mass is 482 g/mol. The molecule has 4 aromatic rings. The van der Waals surface area contributed by atoms with Crippen molar-refractivity contribution in [1.82, 2.24) is 0 Å². The van der Waals surface area contributed by atoms with Crippen LogP contribution in [0.2, 0.25) is 0 Å². The highest BCUT2D eigenvalue weighted by atomic mass is 32.2. The van der Waals surface area contributed by atoms with Gasteiger partial charge < -0.3 is 9.73 Å². The maximum Gasteiger partial charge on any atom is 0.338 e. The van der Waals surface area contributed by atoms with Gasteiger partial charge in [-0.2, -0.15) is 0 Å². The molecule has 0 spiro atoms. The van der Waals surface area contributed by atoms with E-state index in [0.717, 1.165) is 18.2 Å². The third-order valence-electron chi connectivity index (χ3n) is 4.70. The van der Waals surface area contributed by atoms with Crippen LogP contribution < -0.4 is 15.7 Å². The van der Waals surface area contributed by atoms with Gasteiger partial charge in [0.05, 0.1) is 15.5 Å². The Hall–Kier alpha value is -4.78. The van der Waals surface area contributed by atoms with Crippen LogP contribution >= 0.6 is 0 Å². The molecule has 0 aliphatic carbocycles. The topological polar surface area (TPSA) is 175 Å². The second kappa shape index (κ2) is 8.63. The van der Waals surface area contributed by atoms with Gasteiger partial charge in [-0.1, -0.05) is 12.1 Å². The first-order valence-electron chi connectivity index (χ1n) is 9.50. The van der Waals surface area contributed by atoms with E-state index in [0.29, 0.717) is 11.1 Å². The number of benzene rings is 3. The van der Waals surface area contributed by atoms with Gasteiger partial charge in [-0.25, -0.2) is 13.2 Å². The minimum absolute atomic E-state index is 0.136. The fraction of sp³-hybridized carbons (Fsp3) is 0. The number of non-ortho nitro benzene ring substituents is 1. The second-order valence-corrected chi connectivity index (χ2v) is 8.60. The fourth-order valence-electron chi connectivity index (χ4n) is 3.19. The lowest BCUT2D eigenvalue weighted by Crippen LogP contribution is -2.14. The lowest BCUT2D eigenvalue weighted by Gasteiger charge is -2.11. The van der Waals surface area contributed by atoms with Crippen LogP contribution in [0.3, 0.4) is 0 Å². The summed E-state index contributed by atoms with van der Waals surface area (Å²) in [5, 5.41) is 25.5. The van der Waals surface area contributed by atoms with Crippen molar-refractivity contribution in [3.8, 4) is 0 Å². The van der Waals surface area contributed by atoms with Crippen molar-refractivity contribution in [3.63, 3.8) is 0 Å². The van der Waals surface area contributed by atoms with Gasteiger partial charge >= 0.3 is 5.63 Å². The lowest BCUT2D eigenvalue weighted by molar-refractivity contribution is -0.387. The smallest absolute Gasteiger partial charge is 0.338 e. The fourth-order valence-corrected chi connectivity index (χ4v) is 4.42. The van der Waals surface area contributed by atoms with Crippen molar-refractivity contribution in [2.24, 2.45) is 0 Å². The summed E-state index contributed by atoms with van der Waals surface area (Å²) in [7, 11) is -4.24. The first-order valence-corrected chi connectivity index (χ1v) is 11.0. The molecule has 13 heteroatoms. The van der Waals surface area contributed by atoms with E-state index in [1.54, 1.807) is 0 Å². The Kier molecular flexibility index (Phi) is 5.69. The Morgan fingerprint density at radius 1 is 0.824 bits per heavy atom. The van der Waals surface area contributed by atoms with Crippen molar-refractivity contribution < 1.29 is 22.7 Å². The molecular formula is C21H14N4O8S. The van der Waals surface area contributed by atoms with Gasteiger partial charge in [0.1, 0.15) is 5.58 Å². The van der Waals surface area contributed by atoms with E-state index in [2.05, 4.69) is 10.0 Å². The number of nitro benzene ring substituents is 2. The molecule has 4 rings (SSSR count). The molecule has 3 aromatic carbocycles. The number of nitrogens with zero attached hydrogens (tertiary/aromatic N) is 2. The molecule has 172 valence electrons. The highest BCUT2D eigenvalue weighted by Gasteiger charge is 2.25. The Balaban J connectivity index is 1.61. The Morgan fingerprint density at radius 3 is 2.18 bits per heavy atom. The Labute approximate surface area is 190 Å². The van der Waals surface area contributed by atoms with Crippen LogP contribution in [0.1, 0.15) is 0 Å². The molecule has 12 nitrogen and oxygen atoms in total. The Bertz CT molecular complexity index is 1600. The van der Waals surface area contributed by atoms with Crippen molar-refractivity contribution >= 4 is 49.4 Å². The third-order valence-corrected chi connectivity index (χ3v) is 6.13. The second-order valence-electron chi connectivity index (χ2n) is 6.95. The molecular weight excluding hydrogens is 468 g/mol.